The molecule has 1 aliphatic heterocycles. The molecule has 0 fully saturated rings. The third kappa shape index (κ3) is 2.63. The van der Waals surface area contributed by atoms with Crippen LogP contribution in [0.2, 0.25) is 0 Å². The summed E-state index contributed by atoms with van der Waals surface area (Å²) < 4.78 is 5.54. The Labute approximate surface area is 142 Å². The van der Waals surface area contributed by atoms with Crippen LogP contribution in [0.25, 0.3) is 11.3 Å². The van der Waals surface area contributed by atoms with Crippen LogP contribution in [0, 0.1) is 13.8 Å². The third-order valence-corrected chi connectivity index (χ3v) is 4.82. The number of aryl methyl sites for hydroxylation is 2. The fourth-order valence-corrected chi connectivity index (χ4v) is 3.61. The number of rotatable bonds is 3. The highest BCUT2D eigenvalue weighted by atomic mass is 32.1. The fourth-order valence-electron chi connectivity index (χ4n) is 2.91. The van der Waals surface area contributed by atoms with Gasteiger partial charge in [-0.05, 0) is 19.9 Å². The van der Waals surface area contributed by atoms with E-state index >= 15 is 0 Å². The molecule has 0 spiro atoms. The molecule has 8 heteroatoms. The lowest BCUT2D eigenvalue weighted by atomic mass is 10.1. The van der Waals surface area contributed by atoms with Crippen molar-refractivity contribution in [2.45, 2.75) is 26.8 Å². The number of carbonyl (C=O) groups excluding carboxylic acids is 1. The zero-order valence-electron chi connectivity index (χ0n) is 13.4. The second kappa shape index (κ2) is 5.88. The van der Waals surface area contributed by atoms with Crippen LogP contribution >= 0.6 is 11.3 Å². The van der Waals surface area contributed by atoms with Crippen molar-refractivity contribution in [1.82, 2.24) is 20.5 Å². The smallest absolute Gasteiger partial charge is 0.278 e. The minimum Gasteiger partial charge on any atom is -0.466 e. The van der Waals surface area contributed by atoms with E-state index in [9.17, 15) is 4.79 Å². The van der Waals surface area contributed by atoms with Crippen LogP contribution in [0.1, 0.15) is 33.3 Å². The number of carbonyl (C=O) groups is 1. The highest BCUT2D eigenvalue weighted by Gasteiger charge is 2.22. The quantitative estimate of drug-likeness (QED) is 0.679. The normalized spacial score (nSPS) is 13.8. The Morgan fingerprint density at radius 3 is 3.08 bits per heavy atom. The Balaban J connectivity index is 1.55. The summed E-state index contributed by atoms with van der Waals surface area (Å²) in [7, 11) is 0. The molecule has 0 saturated carbocycles. The van der Waals surface area contributed by atoms with E-state index < -0.39 is 0 Å². The summed E-state index contributed by atoms with van der Waals surface area (Å²) in [5.74, 6) is 1.43. The number of aromatic nitrogens is 3. The average molecular weight is 343 g/mol. The molecular weight excluding hydrogens is 326 g/mol. The van der Waals surface area contributed by atoms with E-state index in [1.807, 2.05) is 25.3 Å². The molecule has 0 aromatic carbocycles. The van der Waals surface area contributed by atoms with Crippen LogP contribution in [0.5, 0.6) is 0 Å². The van der Waals surface area contributed by atoms with Crippen LogP contribution in [0.4, 0.5) is 5.13 Å². The van der Waals surface area contributed by atoms with Crippen molar-refractivity contribution >= 4 is 22.4 Å². The Morgan fingerprint density at radius 2 is 2.29 bits per heavy atom. The van der Waals surface area contributed by atoms with Gasteiger partial charge in [-0.2, -0.15) is 5.10 Å². The van der Waals surface area contributed by atoms with E-state index in [0.29, 0.717) is 17.4 Å². The average Bonchev–Trinajstić information content (AvgIpc) is 3.25. The minimum absolute atomic E-state index is 0.239. The van der Waals surface area contributed by atoms with Gasteiger partial charge in [0.2, 0.25) is 0 Å². The van der Waals surface area contributed by atoms with Gasteiger partial charge < -0.3 is 9.73 Å². The summed E-state index contributed by atoms with van der Waals surface area (Å²) in [5.41, 5.74) is 4.16. The number of aromatic amines is 1. The minimum atomic E-state index is -0.239. The summed E-state index contributed by atoms with van der Waals surface area (Å²) in [6, 6.07) is 1.95. The van der Waals surface area contributed by atoms with E-state index in [-0.39, 0.29) is 5.91 Å². The second-order valence-corrected chi connectivity index (χ2v) is 6.63. The van der Waals surface area contributed by atoms with Crippen LogP contribution in [-0.4, -0.2) is 27.6 Å². The molecule has 7 nitrogen and oxygen atoms in total. The van der Waals surface area contributed by atoms with Gasteiger partial charge in [0.25, 0.3) is 5.91 Å². The van der Waals surface area contributed by atoms with Gasteiger partial charge in [-0.3, -0.25) is 15.2 Å². The lowest BCUT2D eigenvalue weighted by Gasteiger charge is -2.12. The molecule has 0 atom stereocenters. The van der Waals surface area contributed by atoms with Crippen LogP contribution in [0.15, 0.2) is 15.9 Å². The first-order chi connectivity index (χ1) is 11.6. The predicted molar refractivity (Wildman–Crippen MR) is 91.2 cm³/mol. The topological polar surface area (TPSA) is 95.8 Å². The van der Waals surface area contributed by atoms with Crippen molar-refractivity contribution in [3.05, 3.63) is 39.9 Å². The van der Waals surface area contributed by atoms with Gasteiger partial charge in [-0.25, -0.2) is 4.98 Å². The molecule has 1 amide bonds. The van der Waals surface area contributed by atoms with Gasteiger partial charge in [-0.15, -0.1) is 11.3 Å². The number of hydrogen-bond acceptors (Lipinski definition) is 6. The lowest BCUT2D eigenvalue weighted by Crippen LogP contribution is -2.25. The number of hydrogen-bond donors (Lipinski definition) is 3. The molecule has 3 aromatic heterocycles. The molecule has 0 bridgehead atoms. The fraction of sp³-hybridized carbons (Fsp3) is 0.312. The lowest BCUT2D eigenvalue weighted by molar-refractivity contribution is 0.102. The van der Waals surface area contributed by atoms with Crippen molar-refractivity contribution in [2.24, 2.45) is 0 Å². The molecule has 24 heavy (non-hydrogen) atoms. The van der Waals surface area contributed by atoms with Gasteiger partial charge >= 0.3 is 0 Å². The maximum Gasteiger partial charge on any atom is 0.278 e. The first-order valence-corrected chi connectivity index (χ1v) is 8.61. The highest BCUT2D eigenvalue weighted by molar-refractivity contribution is 7.14. The number of anilines is 1. The van der Waals surface area contributed by atoms with E-state index in [1.54, 1.807) is 0 Å². The maximum atomic E-state index is 12.5. The Morgan fingerprint density at radius 1 is 1.42 bits per heavy atom. The molecule has 0 saturated heterocycles. The SMILES string of the molecule is Cc1cc(-c2csc(NC(=O)c3n[nH]c4c3CNCC4)n2)c(C)o1. The predicted octanol–water partition coefficient (Wildman–Crippen LogP) is 2.64. The number of nitrogens with one attached hydrogen (secondary N) is 3. The molecule has 0 radical (unpaired) electrons. The Bertz CT molecular complexity index is 908. The zero-order valence-corrected chi connectivity index (χ0v) is 14.2. The first kappa shape index (κ1) is 15.1. The summed E-state index contributed by atoms with van der Waals surface area (Å²) in [5, 5.41) is 15.7. The number of fused-ring (bicyclic) bond motifs is 1. The van der Waals surface area contributed by atoms with Crippen LogP contribution < -0.4 is 10.6 Å². The van der Waals surface area contributed by atoms with Crippen LogP contribution in [0.3, 0.4) is 0 Å². The van der Waals surface area contributed by atoms with Gasteiger partial charge in [0, 0.05) is 41.7 Å². The summed E-state index contributed by atoms with van der Waals surface area (Å²) in [4.78, 5) is 17.0. The van der Waals surface area contributed by atoms with E-state index in [4.69, 9.17) is 4.42 Å². The number of thiazole rings is 1. The van der Waals surface area contributed by atoms with Crippen molar-refractivity contribution < 1.29 is 9.21 Å². The zero-order chi connectivity index (χ0) is 16.7. The monoisotopic (exact) mass is 343 g/mol. The largest absolute Gasteiger partial charge is 0.466 e. The molecule has 4 heterocycles. The summed E-state index contributed by atoms with van der Waals surface area (Å²) in [6.07, 6.45) is 0.857. The molecule has 4 rings (SSSR count). The molecule has 3 aromatic rings. The molecule has 3 N–H and O–H groups in total. The second-order valence-electron chi connectivity index (χ2n) is 5.78. The van der Waals surface area contributed by atoms with Crippen LogP contribution in [-0.2, 0) is 13.0 Å². The molecular formula is C16H17N5O2S. The van der Waals surface area contributed by atoms with E-state index in [0.717, 1.165) is 47.0 Å². The number of furan rings is 1. The highest BCUT2D eigenvalue weighted by Crippen LogP contribution is 2.30. The number of H-pyrrole nitrogens is 1. The van der Waals surface area contributed by atoms with Gasteiger partial charge in [0.05, 0.1) is 5.69 Å². The van der Waals surface area contributed by atoms with Crippen molar-refractivity contribution in [2.75, 3.05) is 11.9 Å². The number of amides is 1. The molecule has 0 unspecified atom stereocenters. The van der Waals surface area contributed by atoms with E-state index in [1.165, 1.54) is 11.3 Å². The maximum absolute atomic E-state index is 12.5. The Kier molecular flexibility index (Phi) is 3.70. The number of nitrogens with zero attached hydrogens (tertiary/aromatic N) is 2. The molecule has 1 aliphatic rings. The van der Waals surface area contributed by atoms with E-state index in [2.05, 4.69) is 25.8 Å². The third-order valence-electron chi connectivity index (χ3n) is 4.06. The standard InChI is InChI=1S/C16H17N5O2S/c1-8-5-10(9(2)23-8)13-7-24-16(18-13)19-15(22)14-11-6-17-4-3-12(11)20-21-14/h5,7,17H,3-4,6H2,1-2H3,(H,20,21)(H,18,19,22). The first-order valence-electron chi connectivity index (χ1n) is 7.73. The Hall–Kier alpha value is -2.45. The van der Waals surface area contributed by atoms with Gasteiger partial charge in [0.1, 0.15) is 11.5 Å². The van der Waals surface area contributed by atoms with Crippen molar-refractivity contribution in [3.63, 3.8) is 0 Å². The van der Waals surface area contributed by atoms with Gasteiger partial charge in [0.15, 0.2) is 10.8 Å². The summed E-state index contributed by atoms with van der Waals surface area (Å²) >= 11 is 1.39. The van der Waals surface area contributed by atoms with Crippen molar-refractivity contribution in [3.8, 4) is 11.3 Å². The van der Waals surface area contributed by atoms with Gasteiger partial charge in [-0.1, -0.05) is 0 Å². The summed E-state index contributed by atoms with van der Waals surface area (Å²) in [6.45, 7) is 5.37. The van der Waals surface area contributed by atoms with Crippen molar-refractivity contribution in [1.29, 1.82) is 0 Å². The molecule has 0 aliphatic carbocycles. The molecule has 124 valence electrons.